The molecule has 0 amide bonds. The van der Waals surface area contributed by atoms with E-state index in [4.69, 9.17) is 0 Å². The molecule has 0 N–H and O–H groups in total. The van der Waals surface area contributed by atoms with Crippen LogP contribution in [0.1, 0.15) is 47.2 Å². The van der Waals surface area contributed by atoms with Crippen molar-refractivity contribution >= 4 is 11.1 Å². The third-order valence-electron chi connectivity index (χ3n) is 7.50. The van der Waals surface area contributed by atoms with Crippen LogP contribution < -0.4 is 0 Å². The largest absolute Gasteiger partial charge is 0.0712 e. The lowest BCUT2D eigenvalue weighted by molar-refractivity contribution is 0.852. The molecule has 0 fully saturated rings. The molecule has 0 bridgehead atoms. The molecule has 0 atom stereocenters. The average molecular weight is 425 g/mol. The summed E-state index contributed by atoms with van der Waals surface area (Å²) >= 11 is 0. The molecule has 0 aliphatic heterocycles. The zero-order valence-corrected chi connectivity index (χ0v) is 19.3. The second kappa shape index (κ2) is 7.74. The van der Waals surface area contributed by atoms with Crippen LogP contribution in [0.25, 0.3) is 11.1 Å². The van der Waals surface area contributed by atoms with E-state index >= 15 is 0 Å². The molecule has 2 aliphatic rings. The summed E-state index contributed by atoms with van der Waals surface area (Å²) in [4.78, 5) is 0. The number of allylic oxidation sites excluding steroid dienone is 4. The van der Waals surface area contributed by atoms with Crippen molar-refractivity contribution in [2.24, 2.45) is 0 Å². The summed E-state index contributed by atoms with van der Waals surface area (Å²) in [6, 6.07) is 40.4. The van der Waals surface area contributed by atoms with Gasteiger partial charge in [0, 0.05) is 0 Å². The second-order valence-electron chi connectivity index (χ2n) is 9.46. The van der Waals surface area contributed by atoms with E-state index in [1.165, 1.54) is 55.7 Å². The molecule has 160 valence electrons. The monoisotopic (exact) mass is 424 g/mol. The highest BCUT2D eigenvalue weighted by Gasteiger charge is 2.47. The quantitative estimate of drug-likeness (QED) is 0.311. The lowest BCUT2D eigenvalue weighted by Crippen LogP contribution is -2.32. The lowest BCUT2D eigenvalue weighted by Gasteiger charge is -2.41. The highest BCUT2D eigenvalue weighted by Crippen LogP contribution is 2.59. The fourth-order valence-electron chi connectivity index (χ4n) is 6.33. The van der Waals surface area contributed by atoms with Crippen molar-refractivity contribution < 1.29 is 0 Å². The molecule has 0 heterocycles. The number of benzene rings is 4. The van der Waals surface area contributed by atoms with E-state index in [-0.39, 0.29) is 5.41 Å². The summed E-state index contributed by atoms with van der Waals surface area (Å²) in [6.07, 6.45) is 2.03. The number of fused-ring (bicyclic) bond motifs is 2. The van der Waals surface area contributed by atoms with E-state index in [9.17, 15) is 0 Å². The van der Waals surface area contributed by atoms with Crippen LogP contribution in [-0.2, 0) is 18.3 Å². The first-order valence-corrected chi connectivity index (χ1v) is 11.9. The highest BCUT2D eigenvalue weighted by atomic mass is 14.5. The minimum absolute atomic E-state index is 0.365. The van der Waals surface area contributed by atoms with Gasteiger partial charge in [-0.1, -0.05) is 120 Å². The van der Waals surface area contributed by atoms with Gasteiger partial charge in [-0.25, -0.2) is 0 Å². The van der Waals surface area contributed by atoms with Crippen molar-refractivity contribution in [3.63, 3.8) is 0 Å². The normalized spacial score (nSPS) is 15.1. The maximum Gasteiger partial charge on any atom is 0.0712 e. The minimum Gasteiger partial charge on any atom is -0.0635 e. The van der Waals surface area contributed by atoms with Gasteiger partial charge in [0.2, 0.25) is 0 Å². The zero-order chi connectivity index (χ0) is 22.4. The smallest absolute Gasteiger partial charge is 0.0635 e. The Morgan fingerprint density at radius 2 is 0.818 bits per heavy atom. The van der Waals surface area contributed by atoms with Crippen LogP contribution in [0.15, 0.2) is 120 Å². The SMILES string of the molecule is CC1=C(C(C2=C(C)Cc3ccccc32)(c2ccccc2)c2ccccc2)c2ccccc2C1. The Bertz CT molecular complexity index is 1290. The standard InChI is InChI=1S/C33H28/c1-23-21-25-13-9-11-19-29(25)31(23)33(27-15-5-3-6-16-27,28-17-7-4-8-18-28)32-24(2)22-26-14-10-12-20-30(26)32/h3-20H,21-22H2,1-2H3. The van der Waals surface area contributed by atoms with Gasteiger partial charge >= 0.3 is 0 Å². The summed E-state index contributed by atoms with van der Waals surface area (Å²) in [7, 11) is 0. The maximum absolute atomic E-state index is 2.34. The molecular formula is C33H28. The second-order valence-corrected chi connectivity index (χ2v) is 9.46. The first-order chi connectivity index (χ1) is 16.2. The van der Waals surface area contributed by atoms with Crippen LogP contribution in [0.4, 0.5) is 0 Å². The van der Waals surface area contributed by atoms with Crippen LogP contribution in [-0.4, -0.2) is 0 Å². The fourth-order valence-corrected chi connectivity index (χ4v) is 6.33. The van der Waals surface area contributed by atoms with Gasteiger partial charge in [0.05, 0.1) is 5.41 Å². The zero-order valence-electron chi connectivity index (χ0n) is 19.3. The Morgan fingerprint density at radius 1 is 0.455 bits per heavy atom. The predicted molar refractivity (Wildman–Crippen MR) is 139 cm³/mol. The number of hydrogen-bond donors (Lipinski definition) is 0. The molecule has 4 aromatic rings. The topological polar surface area (TPSA) is 0 Å². The molecule has 0 radical (unpaired) electrons. The molecule has 33 heavy (non-hydrogen) atoms. The first-order valence-electron chi connectivity index (χ1n) is 11.9. The van der Waals surface area contributed by atoms with E-state index in [2.05, 4.69) is 123 Å². The summed E-state index contributed by atoms with van der Waals surface area (Å²) < 4.78 is 0. The Hall–Kier alpha value is -3.64. The Morgan fingerprint density at radius 3 is 1.24 bits per heavy atom. The van der Waals surface area contributed by atoms with E-state index in [1.807, 2.05) is 0 Å². The predicted octanol–water partition coefficient (Wildman–Crippen LogP) is 8.03. The first kappa shape index (κ1) is 20.0. The van der Waals surface area contributed by atoms with Crippen molar-refractivity contribution in [1.29, 1.82) is 0 Å². The van der Waals surface area contributed by atoms with Gasteiger partial charge < -0.3 is 0 Å². The van der Waals surface area contributed by atoms with Crippen molar-refractivity contribution in [2.75, 3.05) is 0 Å². The summed E-state index contributed by atoms with van der Waals surface area (Å²) in [5.74, 6) is 0. The van der Waals surface area contributed by atoms with Gasteiger partial charge in [-0.15, -0.1) is 0 Å². The van der Waals surface area contributed by atoms with Gasteiger partial charge in [-0.05, 0) is 71.2 Å². The average Bonchev–Trinajstić information content (AvgIpc) is 3.38. The summed E-state index contributed by atoms with van der Waals surface area (Å²) in [6.45, 7) is 4.68. The molecule has 0 nitrogen and oxygen atoms in total. The molecule has 2 aliphatic carbocycles. The van der Waals surface area contributed by atoms with Crippen LogP contribution in [0, 0.1) is 0 Å². The summed E-state index contributed by atoms with van der Waals surface area (Å²) in [5, 5.41) is 0. The molecule has 6 rings (SSSR count). The van der Waals surface area contributed by atoms with E-state index in [0.717, 1.165) is 12.8 Å². The van der Waals surface area contributed by atoms with E-state index in [1.54, 1.807) is 0 Å². The van der Waals surface area contributed by atoms with Crippen molar-refractivity contribution in [3.05, 3.63) is 154 Å². The van der Waals surface area contributed by atoms with Gasteiger partial charge in [0.15, 0.2) is 0 Å². The van der Waals surface area contributed by atoms with Crippen LogP contribution >= 0.6 is 0 Å². The van der Waals surface area contributed by atoms with Crippen molar-refractivity contribution in [3.8, 4) is 0 Å². The van der Waals surface area contributed by atoms with Crippen LogP contribution in [0.3, 0.4) is 0 Å². The lowest BCUT2D eigenvalue weighted by atomic mass is 9.60. The molecule has 4 aromatic carbocycles. The third-order valence-corrected chi connectivity index (χ3v) is 7.50. The van der Waals surface area contributed by atoms with Crippen molar-refractivity contribution in [1.82, 2.24) is 0 Å². The molecule has 0 unspecified atom stereocenters. The highest BCUT2D eigenvalue weighted by molar-refractivity contribution is 6.01. The van der Waals surface area contributed by atoms with Gasteiger partial charge in [0.1, 0.15) is 0 Å². The molecule has 0 saturated heterocycles. The van der Waals surface area contributed by atoms with E-state index in [0.29, 0.717) is 0 Å². The fraction of sp³-hybridized carbons (Fsp3) is 0.152. The molecule has 0 spiro atoms. The maximum atomic E-state index is 2.34. The molecule has 0 heteroatoms. The third kappa shape index (κ3) is 2.91. The minimum atomic E-state index is -0.365. The molecule has 0 aromatic heterocycles. The molecular weight excluding hydrogens is 396 g/mol. The summed E-state index contributed by atoms with van der Waals surface area (Å²) in [5.41, 5.74) is 13.8. The van der Waals surface area contributed by atoms with Crippen LogP contribution in [0.2, 0.25) is 0 Å². The number of hydrogen-bond acceptors (Lipinski definition) is 0. The Balaban J connectivity index is 1.80. The van der Waals surface area contributed by atoms with Crippen molar-refractivity contribution in [2.45, 2.75) is 32.1 Å². The van der Waals surface area contributed by atoms with Crippen LogP contribution in [0.5, 0.6) is 0 Å². The number of rotatable bonds is 4. The Labute approximate surface area is 196 Å². The molecule has 0 saturated carbocycles. The van der Waals surface area contributed by atoms with Gasteiger partial charge in [-0.2, -0.15) is 0 Å². The van der Waals surface area contributed by atoms with E-state index < -0.39 is 0 Å². The Kier molecular flexibility index (Phi) is 4.69. The van der Waals surface area contributed by atoms with Gasteiger partial charge in [-0.3, -0.25) is 0 Å². The van der Waals surface area contributed by atoms with Gasteiger partial charge in [0.25, 0.3) is 0 Å².